The van der Waals surface area contributed by atoms with Crippen LogP contribution >= 0.6 is 11.9 Å². The van der Waals surface area contributed by atoms with E-state index in [1.807, 2.05) is 7.05 Å². The van der Waals surface area contributed by atoms with Crippen molar-refractivity contribution in [3.8, 4) is 0 Å². The summed E-state index contributed by atoms with van der Waals surface area (Å²) < 4.78 is 47.5. The van der Waals surface area contributed by atoms with E-state index in [9.17, 15) is 19.2 Å². The Bertz CT molecular complexity index is 1590. The number of halogens is 3. The summed E-state index contributed by atoms with van der Waals surface area (Å²) in [6.45, 7) is 7.91. The second-order valence-electron chi connectivity index (χ2n) is 13.4. The average Bonchev–Trinajstić information content (AvgIpc) is 3.61. The molecule has 1 aliphatic heterocycles. The third kappa shape index (κ3) is 9.62. The highest BCUT2D eigenvalue weighted by molar-refractivity contribution is 8.01. The Balaban J connectivity index is 1.55. The lowest BCUT2D eigenvalue weighted by molar-refractivity contribution is -0.149. The molecule has 0 radical (unpaired) electrons. The molecule has 4 amide bonds. The molecule has 1 aromatic carbocycles. The molecule has 3 atom stereocenters. The number of benzene rings is 1. The molecule has 2 fully saturated rings. The van der Waals surface area contributed by atoms with Gasteiger partial charge in [0.2, 0.25) is 11.8 Å². The molecule has 13 nitrogen and oxygen atoms in total. The van der Waals surface area contributed by atoms with E-state index < -0.39 is 58.9 Å². The van der Waals surface area contributed by atoms with E-state index in [-0.39, 0.29) is 16.5 Å². The monoisotopic (exact) mass is 735 g/mol. The Morgan fingerprint density at radius 2 is 1.76 bits per heavy atom. The molecule has 2 heterocycles. The van der Waals surface area contributed by atoms with Crippen LogP contribution in [0, 0.1) is 17.7 Å². The topological polar surface area (TPSA) is 181 Å². The van der Waals surface area contributed by atoms with Gasteiger partial charge in [0.05, 0.1) is 17.4 Å². The van der Waals surface area contributed by atoms with Gasteiger partial charge in [-0.25, -0.2) is 4.39 Å². The molecule has 17 heteroatoms. The van der Waals surface area contributed by atoms with Crippen LogP contribution in [0.25, 0.3) is 0 Å². The largest absolute Gasteiger partial charge is 0.403 e. The lowest BCUT2D eigenvalue weighted by atomic mass is 9.79. The van der Waals surface area contributed by atoms with Crippen LogP contribution in [-0.4, -0.2) is 88.5 Å². The first-order valence-corrected chi connectivity index (χ1v) is 18.0. The van der Waals surface area contributed by atoms with Crippen LogP contribution < -0.4 is 26.8 Å². The minimum atomic E-state index is -3.96. The molecular formula is C34H48F3N9O4S. The number of nitrogens with one attached hydrogen (secondary N) is 3. The molecule has 7 N–H and O–H groups in total. The summed E-state index contributed by atoms with van der Waals surface area (Å²) in [5.74, 6) is -9.15. The summed E-state index contributed by atoms with van der Waals surface area (Å²) >= 11 is 0.624. The molecule has 4 rings (SSSR count). The molecule has 0 bridgehead atoms. The molecule has 0 unspecified atom stereocenters. The maximum Gasteiger partial charge on any atom is 0.352 e. The van der Waals surface area contributed by atoms with E-state index in [0.29, 0.717) is 69.0 Å². The third-order valence-electron chi connectivity index (χ3n) is 9.85. The zero-order valence-electron chi connectivity index (χ0n) is 29.3. The average molecular weight is 736 g/mol. The minimum absolute atomic E-state index is 0.00881. The summed E-state index contributed by atoms with van der Waals surface area (Å²) in [6, 6.07) is 1.48. The number of amides is 4. The van der Waals surface area contributed by atoms with Gasteiger partial charge in [0.15, 0.2) is 0 Å². The first kappa shape index (κ1) is 39.7. The lowest BCUT2D eigenvalue weighted by Crippen LogP contribution is -2.55. The number of piperazine rings is 1. The summed E-state index contributed by atoms with van der Waals surface area (Å²) in [5, 5.41) is 16.9. The van der Waals surface area contributed by atoms with Crippen molar-refractivity contribution < 1.29 is 32.3 Å². The number of hydrogen-bond donors (Lipinski definition) is 5. The van der Waals surface area contributed by atoms with Gasteiger partial charge in [-0.2, -0.15) is 13.9 Å². The van der Waals surface area contributed by atoms with Gasteiger partial charge in [-0.15, -0.1) is 0 Å². The number of alkyl halides is 2. The zero-order chi connectivity index (χ0) is 37.5. The first-order chi connectivity index (χ1) is 24.2. The third-order valence-corrected chi connectivity index (χ3v) is 10.4. The van der Waals surface area contributed by atoms with Crippen molar-refractivity contribution in [1.29, 1.82) is 0 Å². The standard InChI is InChI=1S/C34H48F3N9O4S/c1-5-46-19-24(18-40-46)34(36,37)33(50)43-29(22-8-6-20(2)7-9-22)31(48)41-26-11-10-23(16-25(26)35)21(3)28(42-30(47)27(17-38)51-39)32(49)45-14-12-44(4)13-15-45/h10-11,16-22,28-29H,5-9,12-15,38-39H2,1-4H3,(H,41,48)(H,42,47)(H,43,50)/b27-17-/t20?,21-,22?,28+,29-/m0/s1. The van der Waals surface area contributed by atoms with Crippen LogP contribution in [-0.2, 0) is 31.6 Å². The number of hydrogen-bond acceptors (Lipinski definition) is 9. The van der Waals surface area contributed by atoms with E-state index in [4.69, 9.17) is 10.9 Å². The van der Waals surface area contributed by atoms with E-state index in [1.165, 1.54) is 16.8 Å². The van der Waals surface area contributed by atoms with E-state index in [1.54, 1.807) is 18.7 Å². The quantitative estimate of drug-likeness (QED) is 0.153. The van der Waals surface area contributed by atoms with E-state index in [0.717, 1.165) is 37.5 Å². The highest BCUT2D eigenvalue weighted by atomic mass is 32.2. The van der Waals surface area contributed by atoms with Crippen molar-refractivity contribution in [1.82, 2.24) is 30.2 Å². The molecule has 1 aliphatic carbocycles. The smallest absolute Gasteiger partial charge is 0.352 e. The van der Waals surface area contributed by atoms with Gasteiger partial charge in [-0.1, -0.05) is 32.8 Å². The summed E-state index contributed by atoms with van der Waals surface area (Å²) in [4.78, 5) is 57.0. The summed E-state index contributed by atoms with van der Waals surface area (Å²) in [5.41, 5.74) is 5.04. The predicted molar refractivity (Wildman–Crippen MR) is 188 cm³/mol. The van der Waals surface area contributed by atoms with Gasteiger partial charge >= 0.3 is 5.92 Å². The predicted octanol–water partition coefficient (Wildman–Crippen LogP) is 2.85. The number of carbonyl (C=O) groups excluding carboxylic acids is 4. The number of aryl methyl sites for hydroxylation is 1. The molecule has 1 saturated heterocycles. The first-order valence-electron chi connectivity index (χ1n) is 17.1. The number of rotatable bonds is 13. The van der Waals surface area contributed by atoms with Gasteiger partial charge in [0.1, 0.15) is 22.8 Å². The van der Waals surface area contributed by atoms with Gasteiger partial charge in [0, 0.05) is 51.0 Å². The fourth-order valence-electron chi connectivity index (χ4n) is 6.40. The van der Waals surface area contributed by atoms with Crippen molar-refractivity contribution in [2.45, 2.75) is 76.9 Å². The summed E-state index contributed by atoms with van der Waals surface area (Å²) in [7, 11) is 1.94. The molecule has 0 spiro atoms. The molecule has 2 aromatic rings. The van der Waals surface area contributed by atoms with Crippen molar-refractivity contribution in [2.75, 3.05) is 38.5 Å². The Kier molecular flexibility index (Phi) is 13.6. The van der Waals surface area contributed by atoms with Crippen LogP contribution in [0.1, 0.15) is 63.5 Å². The Morgan fingerprint density at radius 1 is 1.10 bits per heavy atom. The Morgan fingerprint density at radius 3 is 2.33 bits per heavy atom. The number of anilines is 1. The Hall–Kier alpha value is -4.09. The minimum Gasteiger partial charge on any atom is -0.403 e. The fraction of sp³-hybridized carbons (Fsp3) is 0.559. The number of nitrogens with two attached hydrogens (primary N) is 2. The number of nitrogens with zero attached hydrogens (tertiary/aromatic N) is 4. The molecule has 1 aromatic heterocycles. The maximum atomic E-state index is 15.7. The molecular weight excluding hydrogens is 687 g/mol. The fourth-order valence-corrected chi connectivity index (χ4v) is 6.65. The zero-order valence-corrected chi connectivity index (χ0v) is 30.2. The van der Waals surface area contributed by atoms with Gasteiger partial charge in [-0.05, 0) is 68.3 Å². The van der Waals surface area contributed by atoms with Crippen LogP contribution in [0.15, 0.2) is 41.7 Å². The van der Waals surface area contributed by atoms with Crippen molar-refractivity contribution >= 4 is 41.3 Å². The molecule has 280 valence electrons. The second kappa shape index (κ2) is 17.4. The Labute approximate surface area is 300 Å². The van der Waals surface area contributed by atoms with Gasteiger partial charge in [0.25, 0.3) is 11.8 Å². The lowest BCUT2D eigenvalue weighted by Gasteiger charge is -2.36. The SMILES string of the molecule is CCn1cc(C(F)(F)C(=O)N[C@H](C(=O)Nc2ccc([C@H](C)[C@@H](NC(=O)/C(=C/N)SN)C(=O)N3CCN(C)CC3)cc2F)C2CCC(C)CC2)cn1. The van der Waals surface area contributed by atoms with Crippen LogP contribution in [0.4, 0.5) is 18.9 Å². The molecule has 1 saturated carbocycles. The molecule has 51 heavy (non-hydrogen) atoms. The van der Waals surface area contributed by atoms with E-state index in [2.05, 4.69) is 32.9 Å². The second-order valence-corrected chi connectivity index (χ2v) is 14.1. The molecule has 2 aliphatic rings. The van der Waals surface area contributed by atoms with Crippen LogP contribution in [0.2, 0.25) is 0 Å². The highest BCUT2D eigenvalue weighted by Crippen LogP contribution is 2.34. The van der Waals surface area contributed by atoms with Gasteiger partial charge < -0.3 is 31.5 Å². The van der Waals surface area contributed by atoms with Gasteiger partial charge in [-0.3, -0.25) is 29.0 Å². The van der Waals surface area contributed by atoms with Crippen LogP contribution in [0.3, 0.4) is 0 Å². The van der Waals surface area contributed by atoms with E-state index >= 15 is 13.2 Å². The van der Waals surface area contributed by atoms with Crippen molar-refractivity contribution in [3.05, 3.63) is 58.6 Å². The van der Waals surface area contributed by atoms with Crippen LogP contribution in [0.5, 0.6) is 0 Å². The number of carbonyl (C=O) groups is 4. The summed E-state index contributed by atoms with van der Waals surface area (Å²) in [6.07, 6.45) is 5.52. The number of likely N-dealkylation sites (N-methyl/N-ethyl adjacent to an activating group) is 1. The maximum absolute atomic E-state index is 15.7. The normalized spacial score (nSPS) is 20.6. The van der Waals surface area contributed by atoms with Crippen molar-refractivity contribution in [2.24, 2.45) is 22.7 Å². The highest BCUT2D eigenvalue weighted by Gasteiger charge is 2.45. The number of aromatic nitrogens is 2. The van der Waals surface area contributed by atoms with Crippen molar-refractivity contribution in [3.63, 3.8) is 0 Å².